The van der Waals surface area contributed by atoms with Gasteiger partial charge in [0, 0.05) is 12.2 Å². The smallest absolute Gasteiger partial charge is 0.0952 e. The Kier molecular flexibility index (Phi) is 4.71. The van der Waals surface area contributed by atoms with Gasteiger partial charge in [-0.25, -0.2) is 4.98 Å². The SMILES string of the molecule is CCCNC(Cn1cnc2c1CCCC2)c1ccccc1. The van der Waals surface area contributed by atoms with Gasteiger partial charge in [-0.3, -0.25) is 0 Å². The average Bonchev–Trinajstić information content (AvgIpc) is 2.95. The van der Waals surface area contributed by atoms with E-state index >= 15 is 0 Å². The third-order valence-corrected chi connectivity index (χ3v) is 4.33. The molecule has 3 nitrogen and oxygen atoms in total. The molecule has 1 heterocycles. The maximum Gasteiger partial charge on any atom is 0.0952 e. The standard InChI is InChI=1S/C18H25N3/c1-2-12-19-17(15-8-4-3-5-9-15)13-21-14-20-16-10-6-7-11-18(16)21/h3-5,8-9,14,17,19H,2,6-7,10-13H2,1H3. The summed E-state index contributed by atoms with van der Waals surface area (Å²) >= 11 is 0. The van der Waals surface area contributed by atoms with Crippen molar-refractivity contribution in [3.8, 4) is 0 Å². The van der Waals surface area contributed by atoms with Gasteiger partial charge in [0.25, 0.3) is 0 Å². The minimum atomic E-state index is 0.367. The molecule has 3 rings (SSSR count). The van der Waals surface area contributed by atoms with Crippen LogP contribution in [0.15, 0.2) is 36.7 Å². The minimum absolute atomic E-state index is 0.367. The molecule has 1 N–H and O–H groups in total. The third-order valence-electron chi connectivity index (χ3n) is 4.33. The van der Waals surface area contributed by atoms with E-state index in [0.29, 0.717) is 6.04 Å². The number of fused-ring (bicyclic) bond motifs is 1. The Labute approximate surface area is 127 Å². The highest BCUT2D eigenvalue weighted by Gasteiger charge is 2.18. The molecule has 1 aliphatic rings. The molecule has 0 aliphatic heterocycles. The molecular formula is C18H25N3. The van der Waals surface area contributed by atoms with E-state index in [4.69, 9.17) is 0 Å². The number of hydrogen-bond donors (Lipinski definition) is 1. The van der Waals surface area contributed by atoms with E-state index in [9.17, 15) is 0 Å². The lowest BCUT2D eigenvalue weighted by Gasteiger charge is -2.22. The molecule has 21 heavy (non-hydrogen) atoms. The van der Waals surface area contributed by atoms with Crippen molar-refractivity contribution in [2.45, 2.75) is 51.6 Å². The number of rotatable bonds is 6. The van der Waals surface area contributed by atoms with Gasteiger partial charge in [0.2, 0.25) is 0 Å². The van der Waals surface area contributed by atoms with Crippen LogP contribution in [0, 0.1) is 0 Å². The van der Waals surface area contributed by atoms with Crippen LogP contribution in [0.5, 0.6) is 0 Å². The highest BCUT2D eigenvalue weighted by molar-refractivity contribution is 5.21. The van der Waals surface area contributed by atoms with Crippen LogP contribution in [0.4, 0.5) is 0 Å². The normalized spacial score (nSPS) is 15.7. The predicted molar refractivity (Wildman–Crippen MR) is 86.3 cm³/mol. The number of imidazole rings is 1. The number of nitrogens with one attached hydrogen (secondary N) is 1. The van der Waals surface area contributed by atoms with Crippen molar-refractivity contribution in [3.63, 3.8) is 0 Å². The molecule has 0 saturated carbocycles. The Hall–Kier alpha value is -1.61. The summed E-state index contributed by atoms with van der Waals surface area (Å²) in [7, 11) is 0. The summed E-state index contributed by atoms with van der Waals surface area (Å²) in [6, 6.07) is 11.1. The first kappa shape index (κ1) is 14.3. The van der Waals surface area contributed by atoms with Gasteiger partial charge in [-0.15, -0.1) is 0 Å². The van der Waals surface area contributed by atoms with Crippen LogP contribution in [0.1, 0.15) is 49.2 Å². The zero-order valence-electron chi connectivity index (χ0n) is 12.9. The Balaban J connectivity index is 1.79. The molecule has 0 saturated heterocycles. The van der Waals surface area contributed by atoms with E-state index in [2.05, 4.69) is 52.1 Å². The van der Waals surface area contributed by atoms with Crippen molar-refractivity contribution in [2.75, 3.05) is 6.54 Å². The lowest BCUT2D eigenvalue weighted by atomic mass is 10.0. The van der Waals surface area contributed by atoms with E-state index < -0.39 is 0 Å². The van der Waals surface area contributed by atoms with Crippen molar-refractivity contribution in [1.29, 1.82) is 0 Å². The summed E-state index contributed by atoms with van der Waals surface area (Å²) in [5, 5.41) is 3.68. The second-order valence-corrected chi connectivity index (χ2v) is 5.91. The van der Waals surface area contributed by atoms with Crippen LogP contribution < -0.4 is 5.32 Å². The Morgan fingerprint density at radius 3 is 2.81 bits per heavy atom. The maximum absolute atomic E-state index is 4.62. The Morgan fingerprint density at radius 1 is 1.19 bits per heavy atom. The molecule has 0 bridgehead atoms. The zero-order chi connectivity index (χ0) is 14.5. The Bertz CT molecular complexity index is 559. The lowest BCUT2D eigenvalue weighted by molar-refractivity contribution is 0.451. The molecule has 1 unspecified atom stereocenters. The highest BCUT2D eigenvalue weighted by atomic mass is 15.1. The topological polar surface area (TPSA) is 29.9 Å². The molecule has 1 aliphatic carbocycles. The van der Waals surface area contributed by atoms with Crippen molar-refractivity contribution in [3.05, 3.63) is 53.6 Å². The minimum Gasteiger partial charge on any atom is -0.332 e. The fourth-order valence-corrected chi connectivity index (χ4v) is 3.18. The molecule has 3 heteroatoms. The maximum atomic E-state index is 4.62. The first-order chi connectivity index (χ1) is 10.4. The van der Waals surface area contributed by atoms with Crippen molar-refractivity contribution in [1.82, 2.24) is 14.9 Å². The molecular weight excluding hydrogens is 258 g/mol. The largest absolute Gasteiger partial charge is 0.332 e. The Morgan fingerprint density at radius 2 is 2.00 bits per heavy atom. The van der Waals surface area contributed by atoms with Crippen molar-refractivity contribution >= 4 is 0 Å². The van der Waals surface area contributed by atoms with Gasteiger partial charge in [0.05, 0.1) is 18.1 Å². The van der Waals surface area contributed by atoms with Gasteiger partial charge in [-0.05, 0) is 44.2 Å². The summed E-state index contributed by atoms with van der Waals surface area (Å²) in [5.41, 5.74) is 4.15. The van der Waals surface area contributed by atoms with E-state index in [1.807, 2.05) is 6.33 Å². The molecule has 0 amide bonds. The van der Waals surface area contributed by atoms with Gasteiger partial charge in [0.1, 0.15) is 0 Å². The molecule has 0 radical (unpaired) electrons. The molecule has 1 aromatic carbocycles. The number of hydrogen-bond acceptors (Lipinski definition) is 2. The monoisotopic (exact) mass is 283 g/mol. The highest BCUT2D eigenvalue weighted by Crippen LogP contribution is 2.22. The van der Waals surface area contributed by atoms with Crippen LogP contribution in [-0.4, -0.2) is 16.1 Å². The number of aromatic nitrogens is 2. The van der Waals surface area contributed by atoms with Gasteiger partial charge in [-0.1, -0.05) is 37.3 Å². The quantitative estimate of drug-likeness (QED) is 0.879. The number of nitrogens with zero attached hydrogens (tertiary/aromatic N) is 2. The average molecular weight is 283 g/mol. The molecule has 0 fully saturated rings. The first-order valence-electron chi connectivity index (χ1n) is 8.19. The van der Waals surface area contributed by atoms with E-state index in [1.54, 1.807) is 0 Å². The summed E-state index contributed by atoms with van der Waals surface area (Å²) in [6.45, 7) is 4.25. The summed E-state index contributed by atoms with van der Waals surface area (Å²) in [5.74, 6) is 0. The molecule has 112 valence electrons. The zero-order valence-corrected chi connectivity index (χ0v) is 12.9. The first-order valence-corrected chi connectivity index (χ1v) is 8.19. The molecule has 1 atom stereocenters. The van der Waals surface area contributed by atoms with E-state index in [1.165, 1.54) is 36.2 Å². The van der Waals surface area contributed by atoms with Gasteiger partial charge >= 0.3 is 0 Å². The summed E-state index contributed by atoms with van der Waals surface area (Å²) in [6.07, 6.45) is 8.13. The van der Waals surface area contributed by atoms with Crippen LogP contribution in [0.3, 0.4) is 0 Å². The second kappa shape index (κ2) is 6.90. The third kappa shape index (κ3) is 3.35. The van der Waals surface area contributed by atoms with E-state index in [-0.39, 0.29) is 0 Å². The van der Waals surface area contributed by atoms with Crippen LogP contribution in [-0.2, 0) is 19.4 Å². The van der Waals surface area contributed by atoms with Crippen LogP contribution in [0.2, 0.25) is 0 Å². The number of benzene rings is 1. The van der Waals surface area contributed by atoms with Gasteiger partial charge in [-0.2, -0.15) is 0 Å². The molecule has 1 aromatic heterocycles. The van der Waals surface area contributed by atoms with Gasteiger partial charge in [0.15, 0.2) is 0 Å². The molecule has 2 aromatic rings. The molecule has 0 spiro atoms. The fraction of sp³-hybridized carbons (Fsp3) is 0.500. The lowest BCUT2D eigenvalue weighted by Crippen LogP contribution is -2.27. The van der Waals surface area contributed by atoms with Gasteiger partial charge < -0.3 is 9.88 Å². The van der Waals surface area contributed by atoms with Crippen molar-refractivity contribution < 1.29 is 0 Å². The number of aryl methyl sites for hydroxylation is 1. The predicted octanol–water partition coefficient (Wildman–Crippen LogP) is 3.50. The van der Waals surface area contributed by atoms with Crippen LogP contribution >= 0.6 is 0 Å². The fourth-order valence-electron chi connectivity index (χ4n) is 3.18. The van der Waals surface area contributed by atoms with Crippen LogP contribution in [0.25, 0.3) is 0 Å². The van der Waals surface area contributed by atoms with Crippen molar-refractivity contribution in [2.24, 2.45) is 0 Å². The summed E-state index contributed by atoms with van der Waals surface area (Å²) < 4.78 is 2.37. The van der Waals surface area contributed by atoms with E-state index in [0.717, 1.165) is 25.9 Å². The summed E-state index contributed by atoms with van der Waals surface area (Å²) in [4.78, 5) is 4.62. The second-order valence-electron chi connectivity index (χ2n) is 5.91.